The number of carbonyl (C=O) groups excluding carboxylic acids is 1. The minimum Gasteiger partial charge on any atom is -0.484 e. The Balaban J connectivity index is 2.17. The van der Waals surface area contributed by atoms with E-state index in [-0.39, 0.29) is 6.61 Å². The second-order valence-corrected chi connectivity index (χ2v) is 3.37. The lowest BCUT2D eigenvalue weighted by molar-refractivity contribution is -0.119. The minimum absolute atomic E-state index is 0.103. The van der Waals surface area contributed by atoms with Gasteiger partial charge in [-0.1, -0.05) is 12.1 Å². The molecule has 3 N–H and O–H groups in total. The van der Waals surface area contributed by atoms with Crippen molar-refractivity contribution in [2.75, 3.05) is 6.61 Å². The molecule has 2 rings (SSSR count). The number of hydrogen-bond donors (Lipinski definition) is 2. The first-order valence-corrected chi connectivity index (χ1v) is 4.90. The first-order valence-electron chi connectivity index (χ1n) is 4.90. The van der Waals surface area contributed by atoms with Crippen molar-refractivity contribution >= 4 is 5.91 Å². The van der Waals surface area contributed by atoms with Crippen LogP contribution in [0.1, 0.15) is 0 Å². The van der Waals surface area contributed by atoms with Crippen LogP contribution in [0.5, 0.6) is 5.75 Å². The summed E-state index contributed by atoms with van der Waals surface area (Å²) in [4.78, 5) is 13.7. The molecule has 0 atom stereocenters. The summed E-state index contributed by atoms with van der Waals surface area (Å²) in [6, 6.07) is 11.4. The monoisotopic (exact) mass is 216 g/mol. The molecule has 1 heterocycles. The van der Waals surface area contributed by atoms with E-state index in [1.807, 2.05) is 36.5 Å². The Kier molecular flexibility index (Phi) is 2.91. The van der Waals surface area contributed by atoms with Crippen molar-refractivity contribution in [2.45, 2.75) is 0 Å². The Labute approximate surface area is 93.0 Å². The predicted octanol–water partition coefficient (Wildman–Crippen LogP) is 1.55. The molecule has 0 bridgehead atoms. The van der Waals surface area contributed by atoms with Gasteiger partial charge in [-0.05, 0) is 24.3 Å². The number of ether oxygens (including phenoxy) is 1. The van der Waals surface area contributed by atoms with Gasteiger partial charge in [-0.15, -0.1) is 0 Å². The van der Waals surface area contributed by atoms with E-state index >= 15 is 0 Å². The van der Waals surface area contributed by atoms with Crippen molar-refractivity contribution in [3.63, 3.8) is 0 Å². The molecule has 2 aromatic rings. The fraction of sp³-hybridized carbons (Fsp3) is 0.0833. The number of nitrogens with one attached hydrogen (secondary N) is 1. The molecule has 0 unspecified atom stereocenters. The van der Waals surface area contributed by atoms with Gasteiger partial charge in [0.25, 0.3) is 5.91 Å². The molecule has 4 heteroatoms. The van der Waals surface area contributed by atoms with Crippen molar-refractivity contribution in [3.05, 3.63) is 42.6 Å². The number of rotatable bonds is 4. The van der Waals surface area contributed by atoms with Crippen molar-refractivity contribution in [1.82, 2.24) is 4.98 Å². The van der Waals surface area contributed by atoms with Crippen LogP contribution in [0.25, 0.3) is 11.3 Å². The van der Waals surface area contributed by atoms with Crippen LogP contribution in [0.3, 0.4) is 0 Å². The summed E-state index contributed by atoms with van der Waals surface area (Å²) in [6.45, 7) is -0.103. The van der Waals surface area contributed by atoms with Crippen LogP contribution in [0.2, 0.25) is 0 Å². The van der Waals surface area contributed by atoms with Crippen molar-refractivity contribution in [3.8, 4) is 17.0 Å². The lowest BCUT2D eigenvalue weighted by Crippen LogP contribution is -2.19. The van der Waals surface area contributed by atoms with E-state index in [1.165, 1.54) is 0 Å². The molecule has 82 valence electrons. The first kappa shape index (κ1) is 10.3. The summed E-state index contributed by atoms with van der Waals surface area (Å²) in [7, 11) is 0. The average molecular weight is 216 g/mol. The number of nitrogens with two attached hydrogens (primary N) is 1. The molecule has 0 saturated heterocycles. The summed E-state index contributed by atoms with van der Waals surface area (Å²) >= 11 is 0. The quantitative estimate of drug-likeness (QED) is 0.814. The first-order chi connectivity index (χ1) is 7.75. The molecule has 1 amide bonds. The lowest BCUT2D eigenvalue weighted by atomic mass is 10.1. The van der Waals surface area contributed by atoms with Gasteiger partial charge in [-0.2, -0.15) is 0 Å². The Morgan fingerprint density at radius 2 is 2.19 bits per heavy atom. The maximum Gasteiger partial charge on any atom is 0.255 e. The molecule has 4 nitrogen and oxygen atoms in total. The second-order valence-electron chi connectivity index (χ2n) is 3.37. The number of hydrogen-bond acceptors (Lipinski definition) is 2. The summed E-state index contributed by atoms with van der Waals surface area (Å²) in [6.07, 6.45) is 1.85. The Morgan fingerprint density at radius 1 is 1.31 bits per heavy atom. The van der Waals surface area contributed by atoms with E-state index < -0.39 is 5.91 Å². The van der Waals surface area contributed by atoms with E-state index in [9.17, 15) is 4.79 Å². The highest BCUT2D eigenvalue weighted by Crippen LogP contribution is 2.22. The highest BCUT2D eigenvalue weighted by Gasteiger charge is 2.01. The number of aromatic amines is 1. The summed E-state index contributed by atoms with van der Waals surface area (Å²) in [5, 5.41) is 0. The van der Waals surface area contributed by atoms with Gasteiger partial charge < -0.3 is 15.5 Å². The molecule has 0 fully saturated rings. The molecule has 0 aliphatic heterocycles. The zero-order chi connectivity index (χ0) is 11.4. The van der Waals surface area contributed by atoms with Crippen LogP contribution in [0.4, 0.5) is 0 Å². The number of primary amides is 1. The molecule has 0 radical (unpaired) electrons. The van der Waals surface area contributed by atoms with Crippen LogP contribution < -0.4 is 10.5 Å². The van der Waals surface area contributed by atoms with Crippen LogP contribution in [-0.2, 0) is 4.79 Å². The van der Waals surface area contributed by atoms with Gasteiger partial charge in [0.1, 0.15) is 5.75 Å². The van der Waals surface area contributed by atoms with E-state index in [4.69, 9.17) is 10.5 Å². The topological polar surface area (TPSA) is 68.1 Å². The molecule has 0 aliphatic carbocycles. The fourth-order valence-corrected chi connectivity index (χ4v) is 1.42. The van der Waals surface area contributed by atoms with E-state index in [0.29, 0.717) is 5.75 Å². The van der Waals surface area contributed by atoms with Crippen molar-refractivity contribution in [1.29, 1.82) is 0 Å². The minimum atomic E-state index is -0.481. The highest BCUT2D eigenvalue weighted by molar-refractivity contribution is 5.75. The van der Waals surface area contributed by atoms with Gasteiger partial charge in [-0.3, -0.25) is 4.79 Å². The molecule has 0 saturated carbocycles. The third kappa shape index (κ3) is 2.42. The SMILES string of the molecule is NC(=O)COc1cccc(-c2ccc[nH]2)c1. The van der Waals surface area contributed by atoms with Crippen LogP contribution in [0, 0.1) is 0 Å². The largest absolute Gasteiger partial charge is 0.484 e. The maximum atomic E-state index is 10.6. The molecular formula is C12H12N2O2. The van der Waals surface area contributed by atoms with Crippen LogP contribution in [0.15, 0.2) is 42.6 Å². The van der Waals surface area contributed by atoms with Gasteiger partial charge in [0.15, 0.2) is 6.61 Å². The van der Waals surface area contributed by atoms with E-state index in [2.05, 4.69) is 4.98 Å². The average Bonchev–Trinajstić information content (AvgIpc) is 2.80. The third-order valence-electron chi connectivity index (χ3n) is 2.12. The van der Waals surface area contributed by atoms with Gasteiger partial charge >= 0.3 is 0 Å². The number of carbonyl (C=O) groups is 1. The Bertz CT molecular complexity index is 478. The lowest BCUT2D eigenvalue weighted by Gasteiger charge is -2.05. The Hall–Kier alpha value is -2.23. The van der Waals surface area contributed by atoms with Gasteiger partial charge in [-0.25, -0.2) is 0 Å². The summed E-state index contributed by atoms with van der Waals surface area (Å²) in [5.74, 6) is 0.149. The van der Waals surface area contributed by atoms with Crippen molar-refractivity contribution < 1.29 is 9.53 Å². The highest BCUT2D eigenvalue weighted by atomic mass is 16.5. The zero-order valence-electron chi connectivity index (χ0n) is 8.64. The number of aromatic nitrogens is 1. The fourth-order valence-electron chi connectivity index (χ4n) is 1.42. The third-order valence-corrected chi connectivity index (χ3v) is 2.12. The Morgan fingerprint density at radius 3 is 2.88 bits per heavy atom. The predicted molar refractivity (Wildman–Crippen MR) is 60.9 cm³/mol. The number of H-pyrrole nitrogens is 1. The van der Waals surface area contributed by atoms with E-state index in [1.54, 1.807) is 6.07 Å². The molecule has 0 spiro atoms. The van der Waals surface area contributed by atoms with Crippen molar-refractivity contribution in [2.24, 2.45) is 5.73 Å². The number of amides is 1. The van der Waals surface area contributed by atoms with Crippen LogP contribution in [-0.4, -0.2) is 17.5 Å². The van der Waals surface area contributed by atoms with Gasteiger partial charge in [0, 0.05) is 17.5 Å². The second kappa shape index (κ2) is 4.53. The molecular weight excluding hydrogens is 204 g/mol. The molecule has 1 aromatic heterocycles. The normalized spacial score (nSPS) is 10.0. The standard InChI is InChI=1S/C12H12N2O2/c13-12(15)8-16-10-4-1-3-9(7-10)11-5-2-6-14-11/h1-7,14H,8H2,(H2,13,15). The van der Waals surface area contributed by atoms with E-state index in [0.717, 1.165) is 11.3 Å². The zero-order valence-corrected chi connectivity index (χ0v) is 8.64. The molecule has 1 aromatic carbocycles. The number of benzene rings is 1. The molecule has 16 heavy (non-hydrogen) atoms. The van der Waals surface area contributed by atoms with Gasteiger partial charge in [0.05, 0.1) is 0 Å². The smallest absolute Gasteiger partial charge is 0.255 e. The summed E-state index contributed by atoms with van der Waals surface area (Å²) < 4.78 is 5.22. The maximum absolute atomic E-state index is 10.6. The van der Waals surface area contributed by atoms with Gasteiger partial charge in [0.2, 0.25) is 0 Å². The summed E-state index contributed by atoms with van der Waals surface area (Å²) in [5.41, 5.74) is 7.01. The van der Waals surface area contributed by atoms with Crippen LogP contribution >= 0.6 is 0 Å². The molecule has 0 aliphatic rings.